The van der Waals surface area contributed by atoms with Gasteiger partial charge in [0.05, 0.1) is 0 Å². The van der Waals surface area contributed by atoms with Crippen LogP contribution in [0, 0.1) is 5.92 Å². The lowest BCUT2D eigenvalue weighted by Crippen LogP contribution is -1.99. The summed E-state index contributed by atoms with van der Waals surface area (Å²) in [6.45, 7) is 8.43. The van der Waals surface area contributed by atoms with Crippen molar-refractivity contribution in [1.29, 1.82) is 0 Å². The molecule has 0 aliphatic heterocycles. The van der Waals surface area contributed by atoms with E-state index in [4.69, 9.17) is 0 Å². The smallest absolute Gasteiger partial charge is 0.0325 e. The average Bonchev–Trinajstić information content (AvgIpc) is 2.24. The van der Waals surface area contributed by atoms with E-state index in [2.05, 4.69) is 26.5 Å². The topological polar surface area (TPSA) is 0 Å². The molecule has 0 heteroatoms. The summed E-state index contributed by atoms with van der Waals surface area (Å²) in [5, 5.41) is 0. The van der Waals surface area contributed by atoms with E-state index in [1.54, 1.807) is 0 Å². The van der Waals surface area contributed by atoms with Gasteiger partial charge in [0.15, 0.2) is 0 Å². The van der Waals surface area contributed by atoms with Crippen LogP contribution in [0.5, 0.6) is 0 Å². The summed E-state index contributed by atoms with van der Waals surface area (Å²) in [5.41, 5.74) is 0. The van der Waals surface area contributed by atoms with Crippen molar-refractivity contribution >= 4 is 0 Å². The molecule has 0 rings (SSSR count). The molecule has 0 aliphatic rings. The quantitative estimate of drug-likeness (QED) is 0.302. The largest absolute Gasteiger partial charge is 0.103 e. The Morgan fingerprint density at radius 3 is 1.93 bits per heavy atom. The van der Waals surface area contributed by atoms with Crippen LogP contribution in [0.4, 0.5) is 0 Å². The number of unbranched alkanes of at least 4 members (excludes halogenated alkanes) is 5. The zero-order chi connectivity index (χ0) is 11.4. The van der Waals surface area contributed by atoms with E-state index in [9.17, 15) is 0 Å². The first kappa shape index (κ1) is 14.7. The van der Waals surface area contributed by atoms with Crippen LogP contribution in [-0.4, -0.2) is 0 Å². The van der Waals surface area contributed by atoms with Crippen LogP contribution in [-0.2, 0) is 0 Å². The van der Waals surface area contributed by atoms with Gasteiger partial charge in [0.1, 0.15) is 0 Å². The lowest BCUT2D eigenvalue weighted by atomic mass is 9.92. The Labute approximate surface area is 97.2 Å². The van der Waals surface area contributed by atoms with Crippen LogP contribution >= 0.6 is 0 Å². The molecule has 0 aromatic heterocycles. The molecule has 0 amide bonds. The lowest BCUT2D eigenvalue weighted by molar-refractivity contribution is 0.412. The molecule has 0 aromatic rings. The molecule has 15 heavy (non-hydrogen) atoms. The molecule has 0 nitrogen and oxygen atoms in total. The van der Waals surface area contributed by atoms with Crippen LogP contribution < -0.4 is 0 Å². The Bertz CT molecular complexity index is 126. The molecule has 0 saturated heterocycles. The monoisotopic (exact) mass is 210 g/mol. The Morgan fingerprint density at radius 1 is 0.867 bits per heavy atom. The lowest BCUT2D eigenvalue weighted by Gasteiger charge is -2.14. The summed E-state index contributed by atoms with van der Waals surface area (Å²) in [5.74, 6) is 0.922. The molecule has 0 N–H and O–H groups in total. The van der Waals surface area contributed by atoms with E-state index in [-0.39, 0.29) is 0 Å². The van der Waals surface area contributed by atoms with Crippen molar-refractivity contribution in [1.82, 2.24) is 0 Å². The molecule has 0 heterocycles. The summed E-state index contributed by atoms with van der Waals surface area (Å²) in [6, 6.07) is 0. The van der Waals surface area contributed by atoms with E-state index >= 15 is 0 Å². The third-order valence-corrected chi connectivity index (χ3v) is 3.18. The fraction of sp³-hybridized carbons (Fsp3) is 0.867. The van der Waals surface area contributed by atoms with Gasteiger partial charge in [-0.15, -0.1) is 6.58 Å². The summed E-state index contributed by atoms with van der Waals surface area (Å²) in [4.78, 5) is 0. The van der Waals surface area contributed by atoms with Gasteiger partial charge in [-0.2, -0.15) is 0 Å². The number of hydrogen-bond acceptors (Lipinski definition) is 0. The molecule has 1 atom stereocenters. The minimum absolute atomic E-state index is 0.922. The van der Waals surface area contributed by atoms with Crippen molar-refractivity contribution in [2.45, 2.75) is 78.1 Å². The molecular weight excluding hydrogens is 180 g/mol. The van der Waals surface area contributed by atoms with Gasteiger partial charge in [0.25, 0.3) is 0 Å². The molecular formula is C15H30. The minimum Gasteiger partial charge on any atom is -0.103 e. The molecule has 1 unspecified atom stereocenters. The zero-order valence-electron chi connectivity index (χ0n) is 10.9. The van der Waals surface area contributed by atoms with E-state index in [1.165, 1.54) is 64.2 Å². The van der Waals surface area contributed by atoms with Crippen molar-refractivity contribution in [2.24, 2.45) is 5.92 Å². The first-order valence-corrected chi connectivity index (χ1v) is 6.96. The summed E-state index contributed by atoms with van der Waals surface area (Å²) in [7, 11) is 0. The van der Waals surface area contributed by atoms with Gasteiger partial charge in [-0.1, -0.05) is 77.7 Å². The van der Waals surface area contributed by atoms with Crippen molar-refractivity contribution in [3.05, 3.63) is 12.7 Å². The van der Waals surface area contributed by atoms with E-state index in [0.717, 1.165) is 5.92 Å². The summed E-state index contributed by atoms with van der Waals surface area (Å²) in [6.07, 6.45) is 16.0. The van der Waals surface area contributed by atoms with Crippen LogP contribution in [0.3, 0.4) is 0 Å². The highest BCUT2D eigenvalue weighted by atomic mass is 14.1. The molecule has 0 aliphatic carbocycles. The first-order chi connectivity index (χ1) is 7.35. The molecule has 0 fully saturated rings. The van der Waals surface area contributed by atoms with Gasteiger partial charge in [0, 0.05) is 0 Å². The van der Waals surface area contributed by atoms with E-state index < -0.39 is 0 Å². The third-order valence-electron chi connectivity index (χ3n) is 3.18. The molecule has 90 valence electrons. The van der Waals surface area contributed by atoms with Gasteiger partial charge < -0.3 is 0 Å². The Morgan fingerprint density at radius 2 is 1.40 bits per heavy atom. The maximum Gasteiger partial charge on any atom is -0.0325 e. The SMILES string of the molecule is C=CCC(CCCCC)CCCCCC. The summed E-state index contributed by atoms with van der Waals surface area (Å²) >= 11 is 0. The molecule has 0 bridgehead atoms. The van der Waals surface area contributed by atoms with Crippen LogP contribution in [0.15, 0.2) is 12.7 Å². The predicted molar refractivity (Wildman–Crippen MR) is 71.2 cm³/mol. The number of allylic oxidation sites excluding steroid dienone is 1. The van der Waals surface area contributed by atoms with Crippen molar-refractivity contribution < 1.29 is 0 Å². The standard InChI is InChI=1S/C15H30/c1-4-7-9-11-14-15(12-6-3)13-10-8-5-2/h6,15H,3-5,7-14H2,1-2H3. The second-order valence-electron chi connectivity index (χ2n) is 4.74. The van der Waals surface area contributed by atoms with E-state index in [0.29, 0.717) is 0 Å². The van der Waals surface area contributed by atoms with Crippen molar-refractivity contribution in [2.75, 3.05) is 0 Å². The van der Waals surface area contributed by atoms with E-state index in [1.807, 2.05) is 0 Å². The average molecular weight is 210 g/mol. The van der Waals surface area contributed by atoms with Gasteiger partial charge in [-0.3, -0.25) is 0 Å². The normalized spacial score (nSPS) is 12.7. The van der Waals surface area contributed by atoms with Crippen LogP contribution in [0.25, 0.3) is 0 Å². The fourth-order valence-electron chi connectivity index (χ4n) is 2.16. The second kappa shape index (κ2) is 11.8. The zero-order valence-corrected chi connectivity index (χ0v) is 10.9. The van der Waals surface area contributed by atoms with Crippen LogP contribution in [0.2, 0.25) is 0 Å². The second-order valence-corrected chi connectivity index (χ2v) is 4.74. The van der Waals surface area contributed by atoms with Gasteiger partial charge in [-0.25, -0.2) is 0 Å². The highest BCUT2D eigenvalue weighted by Crippen LogP contribution is 2.21. The fourth-order valence-corrected chi connectivity index (χ4v) is 2.16. The van der Waals surface area contributed by atoms with Crippen molar-refractivity contribution in [3.63, 3.8) is 0 Å². The number of rotatable bonds is 11. The van der Waals surface area contributed by atoms with Crippen LogP contribution in [0.1, 0.15) is 78.1 Å². The highest BCUT2D eigenvalue weighted by molar-refractivity contribution is 4.73. The first-order valence-electron chi connectivity index (χ1n) is 6.96. The maximum atomic E-state index is 3.87. The van der Waals surface area contributed by atoms with Gasteiger partial charge >= 0.3 is 0 Å². The van der Waals surface area contributed by atoms with Crippen molar-refractivity contribution in [3.8, 4) is 0 Å². The highest BCUT2D eigenvalue weighted by Gasteiger charge is 2.05. The third kappa shape index (κ3) is 10.0. The Hall–Kier alpha value is -0.260. The maximum absolute atomic E-state index is 3.87. The molecule has 0 radical (unpaired) electrons. The minimum atomic E-state index is 0.922. The van der Waals surface area contributed by atoms with Gasteiger partial charge in [0.2, 0.25) is 0 Å². The van der Waals surface area contributed by atoms with Gasteiger partial charge in [-0.05, 0) is 12.3 Å². The Balaban J connectivity index is 3.48. The molecule has 0 spiro atoms. The molecule has 0 saturated carbocycles. The molecule has 0 aromatic carbocycles. The number of hydrogen-bond donors (Lipinski definition) is 0. The summed E-state index contributed by atoms with van der Waals surface area (Å²) < 4.78 is 0. The Kier molecular flexibility index (Phi) is 11.6. The predicted octanol–water partition coefficient (Wildman–Crippen LogP) is 5.73.